The normalized spacial score (nSPS) is 12.5. The van der Waals surface area contributed by atoms with Crippen LogP contribution in [0.25, 0.3) is 0 Å². The summed E-state index contributed by atoms with van der Waals surface area (Å²) in [5.41, 5.74) is 6.05. The lowest BCUT2D eigenvalue weighted by Gasteiger charge is -2.09. The Kier molecular flexibility index (Phi) is 3.08. The molecule has 1 amide bonds. The molecule has 3 N–H and O–H groups in total. The first kappa shape index (κ1) is 9.80. The van der Waals surface area contributed by atoms with E-state index in [1.165, 1.54) is 0 Å². The molecule has 4 heteroatoms. The highest BCUT2D eigenvalue weighted by atomic mass is 16.1. The van der Waals surface area contributed by atoms with E-state index in [2.05, 4.69) is 5.32 Å². The number of nitrogens with two attached hydrogens (primary N) is 1. The third-order valence-corrected chi connectivity index (χ3v) is 1.83. The minimum Gasteiger partial charge on any atom is -0.356 e. The second-order valence-corrected chi connectivity index (χ2v) is 3.18. The summed E-state index contributed by atoms with van der Waals surface area (Å²) in [6, 6.07) is 1.80. The first-order chi connectivity index (χ1) is 6.13. The van der Waals surface area contributed by atoms with Crippen molar-refractivity contribution < 1.29 is 4.79 Å². The number of hydrogen-bond donors (Lipinski definition) is 2. The van der Waals surface area contributed by atoms with Crippen LogP contribution in [0.15, 0.2) is 18.5 Å². The second kappa shape index (κ2) is 4.09. The lowest BCUT2D eigenvalue weighted by atomic mass is 10.3. The van der Waals surface area contributed by atoms with E-state index in [0.717, 1.165) is 0 Å². The van der Waals surface area contributed by atoms with Crippen LogP contribution in [0.3, 0.4) is 0 Å². The SMILES string of the molecule is CC(CN)NC(=O)c1ccn(C)c1. The molecule has 0 aliphatic rings. The topological polar surface area (TPSA) is 60.0 Å². The number of carbonyl (C=O) groups excluding carboxylic acids is 1. The number of hydrogen-bond acceptors (Lipinski definition) is 2. The number of nitrogens with one attached hydrogen (secondary N) is 1. The standard InChI is InChI=1S/C9H15N3O/c1-7(5-10)11-9(13)8-3-4-12(2)6-8/h3-4,6-7H,5,10H2,1-2H3,(H,11,13). The molecule has 1 aromatic heterocycles. The fraction of sp³-hybridized carbons (Fsp3) is 0.444. The number of rotatable bonds is 3. The third kappa shape index (κ3) is 2.59. The van der Waals surface area contributed by atoms with Crippen molar-refractivity contribution in [2.45, 2.75) is 13.0 Å². The zero-order chi connectivity index (χ0) is 9.84. The van der Waals surface area contributed by atoms with Crippen molar-refractivity contribution in [1.29, 1.82) is 0 Å². The Hall–Kier alpha value is -1.29. The van der Waals surface area contributed by atoms with Gasteiger partial charge in [-0.25, -0.2) is 0 Å². The van der Waals surface area contributed by atoms with Gasteiger partial charge in [-0.15, -0.1) is 0 Å². The number of aromatic nitrogens is 1. The Morgan fingerprint density at radius 1 is 1.77 bits per heavy atom. The highest BCUT2D eigenvalue weighted by Gasteiger charge is 2.08. The van der Waals surface area contributed by atoms with Crippen molar-refractivity contribution >= 4 is 5.91 Å². The molecule has 1 rings (SSSR count). The quantitative estimate of drug-likeness (QED) is 0.695. The highest BCUT2D eigenvalue weighted by Crippen LogP contribution is 1.99. The summed E-state index contributed by atoms with van der Waals surface area (Å²) in [7, 11) is 1.88. The molecule has 0 saturated carbocycles. The van der Waals surface area contributed by atoms with Crippen molar-refractivity contribution in [2.24, 2.45) is 12.8 Å². The molecule has 1 unspecified atom stereocenters. The van der Waals surface area contributed by atoms with Gasteiger partial charge in [0.1, 0.15) is 0 Å². The maximum absolute atomic E-state index is 11.4. The molecule has 0 fully saturated rings. The summed E-state index contributed by atoms with van der Waals surface area (Å²) in [5.74, 6) is -0.0708. The zero-order valence-corrected chi connectivity index (χ0v) is 7.95. The summed E-state index contributed by atoms with van der Waals surface area (Å²) in [6.07, 6.45) is 3.61. The maximum atomic E-state index is 11.4. The molecule has 0 bridgehead atoms. The van der Waals surface area contributed by atoms with Crippen LogP contribution in [-0.2, 0) is 7.05 Å². The second-order valence-electron chi connectivity index (χ2n) is 3.18. The highest BCUT2D eigenvalue weighted by molar-refractivity contribution is 5.94. The van der Waals surface area contributed by atoms with Crippen molar-refractivity contribution in [3.8, 4) is 0 Å². The molecule has 0 aliphatic heterocycles. The maximum Gasteiger partial charge on any atom is 0.253 e. The van der Waals surface area contributed by atoms with E-state index in [1.54, 1.807) is 12.3 Å². The minimum atomic E-state index is -0.0708. The van der Waals surface area contributed by atoms with Gasteiger partial charge < -0.3 is 15.6 Å². The van der Waals surface area contributed by atoms with Crippen LogP contribution in [0.5, 0.6) is 0 Å². The number of amides is 1. The van der Waals surface area contributed by atoms with Crippen LogP contribution in [-0.4, -0.2) is 23.1 Å². The monoisotopic (exact) mass is 181 g/mol. The smallest absolute Gasteiger partial charge is 0.253 e. The Morgan fingerprint density at radius 3 is 2.92 bits per heavy atom. The zero-order valence-electron chi connectivity index (χ0n) is 7.95. The molecule has 0 aliphatic carbocycles. The van der Waals surface area contributed by atoms with Crippen LogP contribution in [0.4, 0.5) is 0 Å². The van der Waals surface area contributed by atoms with Crippen LogP contribution < -0.4 is 11.1 Å². The van der Waals surface area contributed by atoms with Gasteiger partial charge in [0, 0.05) is 32.0 Å². The Bertz CT molecular complexity index is 293. The fourth-order valence-corrected chi connectivity index (χ4v) is 1.00. The Morgan fingerprint density at radius 2 is 2.46 bits per heavy atom. The summed E-state index contributed by atoms with van der Waals surface area (Å²) >= 11 is 0. The van der Waals surface area contributed by atoms with Gasteiger partial charge in [-0.3, -0.25) is 4.79 Å². The van der Waals surface area contributed by atoms with Crippen LogP contribution >= 0.6 is 0 Å². The summed E-state index contributed by atoms with van der Waals surface area (Å²) in [5, 5.41) is 2.78. The molecule has 0 saturated heterocycles. The first-order valence-corrected chi connectivity index (χ1v) is 4.26. The molecular weight excluding hydrogens is 166 g/mol. The summed E-state index contributed by atoms with van der Waals surface area (Å²) in [4.78, 5) is 11.4. The van der Waals surface area contributed by atoms with E-state index >= 15 is 0 Å². The molecule has 1 atom stereocenters. The molecule has 0 aromatic carbocycles. The van der Waals surface area contributed by atoms with Gasteiger partial charge in [0.05, 0.1) is 5.56 Å². The van der Waals surface area contributed by atoms with Crippen molar-refractivity contribution in [1.82, 2.24) is 9.88 Å². The van der Waals surface area contributed by atoms with Crippen LogP contribution in [0.1, 0.15) is 17.3 Å². The fourth-order valence-electron chi connectivity index (χ4n) is 1.00. The molecule has 1 aromatic rings. The van der Waals surface area contributed by atoms with Crippen molar-refractivity contribution in [2.75, 3.05) is 6.54 Å². The molecule has 0 radical (unpaired) electrons. The van der Waals surface area contributed by atoms with Crippen LogP contribution in [0.2, 0.25) is 0 Å². The summed E-state index contributed by atoms with van der Waals surface area (Å²) in [6.45, 7) is 2.33. The van der Waals surface area contributed by atoms with Crippen LogP contribution in [0, 0.1) is 0 Å². The number of nitrogens with zero attached hydrogens (tertiary/aromatic N) is 1. The molecule has 72 valence electrons. The van der Waals surface area contributed by atoms with Gasteiger partial charge in [0.15, 0.2) is 0 Å². The van der Waals surface area contributed by atoms with Gasteiger partial charge in [0.25, 0.3) is 5.91 Å². The van der Waals surface area contributed by atoms with E-state index in [0.29, 0.717) is 12.1 Å². The Balaban J connectivity index is 2.58. The molecular formula is C9H15N3O. The third-order valence-electron chi connectivity index (χ3n) is 1.83. The van der Waals surface area contributed by atoms with Gasteiger partial charge >= 0.3 is 0 Å². The molecule has 0 spiro atoms. The molecule has 1 heterocycles. The predicted molar refractivity (Wildman–Crippen MR) is 51.4 cm³/mol. The van der Waals surface area contributed by atoms with E-state index in [1.807, 2.05) is 24.7 Å². The lowest BCUT2D eigenvalue weighted by Crippen LogP contribution is -2.37. The van der Waals surface area contributed by atoms with E-state index < -0.39 is 0 Å². The average Bonchev–Trinajstić information content (AvgIpc) is 2.51. The minimum absolute atomic E-state index is 0.0210. The van der Waals surface area contributed by atoms with Gasteiger partial charge in [-0.1, -0.05) is 0 Å². The van der Waals surface area contributed by atoms with E-state index in [9.17, 15) is 4.79 Å². The number of aryl methyl sites for hydroxylation is 1. The van der Waals surface area contributed by atoms with Crippen molar-refractivity contribution in [3.63, 3.8) is 0 Å². The van der Waals surface area contributed by atoms with Gasteiger partial charge in [-0.05, 0) is 13.0 Å². The van der Waals surface area contributed by atoms with Gasteiger partial charge in [-0.2, -0.15) is 0 Å². The lowest BCUT2D eigenvalue weighted by molar-refractivity contribution is 0.0941. The largest absolute Gasteiger partial charge is 0.356 e. The first-order valence-electron chi connectivity index (χ1n) is 4.26. The number of carbonyl (C=O) groups is 1. The van der Waals surface area contributed by atoms with E-state index in [4.69, 9.17) is 5.73 Å². The predicted octanol–water partition coefficient (Wildman–Crippen LogP) is 0.102. The van der Waals surface area contributed by atoms with Crippen molar-refractivity contribution in [3.05, 3.63) is 24.0 Å². The Labute approximate surface area is 77.7 Å². The van der Waals surface area contributed by atoms with E-state index in [-0.39, 0.29) is 11.9 Å². The summed E-state index contributed by atoms with van der Waals surface area (Å²) < 4.78 is 1.84. The average molecular weight is 181 g/mol. The molecule has 4 nitrogen and oxygen atoms in total. The molecule has 13 heavy (non-hydrogen) atoms. The van der Waals surface area contributed by atoms with Gasteiger partial charge in [0.2, 0.25) is 0 Å².